The molecule has 134 valence electrons. The molecule has 1 aliphatic rings. The Kier molecular flexibility index (Phi) is 3.99. The molecule has 2 aromatic rings. The molecule has 25 heavy (non-hydrogen) atoms. The van der Waals surface area contributed by atoms with Crippen molar-refractivity contribution in [1.29, 1.82) is 0 Å². The first-order valence-electron chi connectivity index (χ1n) is 8.71. The van der Waals surface area contributed by atoms with Crippen LogP contribution in [-0.4, -0.2) is 39.8 Å². The van der Waals surface area contributed by atoms with E-state index in [0.29, 0.717) is 11.5 Å². The summed E-state index contributed by atoms with van der Waals surface area (Å²) in [5.41, 5.74) is 0.0860. The average Bonchev–Trinajstić information content (AvgIpc) is 3.39. The summed E-state index contributed by atoms with van der Waals surface area (Å²) >= 11 is 1.62. The monoisotopic (exact) mass is 402 g/mol. The maximum Gasteiger partial charge on any atom is 0.229 e. The zero-order chi connectivity index (χ0) is 20.6. The molecule has 1 N–H and O–H groups in total. The molecule has 6 nitrogen and oxygen atoms in total. The van der Waals surface area contributed by atoms with Gasteiger partial charge in [-0.3, -0.25) is 4.72 Å². The molecule has 0 saturated carbocycles. The molecule has 0 spiro atoms. The van der Waals surface area contributed by atoms with Crippen molar-refractivity contribution in [3.8, 4) is 11.5 Å². The lowest BCUT2D eigenvalue weighted by Gasteiger charge is -2.09. The SMILES string of the molecule is [2H]C([2H])([2H])S(=O)(=O)Nc1ccc(Oc2ccc(S(=O)(=O)CC3CS3)cc2)cc1. The Bertz CT molecular complexity index is 1050. The van der Waals surface area contributed by atoms with Crippen molar-refractivity contribution < 1.29 is 25.7 Å². The molecule has 1 aliphatic heterocycles. The van der Waals surface area contributed by atoms with Crippen LogP contribution in [-0.2, 0) is 19.9 Å². The third-order valence-corrected chi connectivity index (χ3v) is 6.85. The summed E-state index contributed by atoms with van der Waals surface area (Å²) in [6.45, 7) is 0. The number of thioether (sulfide) groups is 1. The Hall–Kier alpha value is -1.71. The van der Waals surface area contributed by atoms with Crippen LogP contribution in [0.3, 0.4) is 0 Å². The Balaban J connectivity index is 1.66. The van der Waals surface area contributed by atoms with E-state index in [0.717, 1.165) is 5.75 Å². The third-order valence-electron chi connectivity index (χ3n) is 3.33. The molecule has 0 amide bonds. The smallest absolute Gasteiger partial charge is 0.229 e. The highest BCUT2D eigenvalue weighted by Gasteiger charge is 2.29. The lowest BCUT2D eigenvalue weighted by molar-refractivity contribution is 0.482. The summed E-state index contributed by atoms with van der Waals surface area (Å²) in [6, 6.07) is 11.7. The Morgan fingerprint density at radius 3 is 2.16 bits per heavy atom. The van der Waals surface area contributed by atoms with E-state index in [-0.39, 0.29) is 21.6 Å². The Morgan fingerprint density at radius 1 is 1.08 bits per heavy atom. The summed E-state index contributed by atoms with van der Waals surface area (Å²) in [4.78, 5) is 0.238. The van der Waals surface area contributed by atoms with E-state index in [9.17, 15) is 16.8 Å². The standard InChI is InChI=1S/C16H17NO5S3/c1-24(18,19)17-12-2-4-13(5-3-12)22-14-6-8-16(9-7-14)25(20,21)11-15-10-23-15/h2-9,15,17H,10-11H2,1H3/i1D3. The van der Waals surface area contributed by atoms with Gasteiger partial charge >= 0.3 is 0 Å². The van der Waals surface area contributed by atoms with Crippen LogP contribution in [0, 0.1) is 0 Å². The number of nitrogens with one attached hydrogen (secondary N) is 1. The lowest BCUT2D eigenvalue weighted by Crippen LogP contribution is -2.10. The summed E-state index contributed by atoms with van der Waals surface area (Å²) in [7, 11) is -7.80. The van der Waals surface area contributed by atoms with E-state index in [1.165, 1.54) is 48.5 Å². The Labute approximate surface area is 155 Å². The fraction of sp³-hybridized carbons (Fsp3) is 0.250. The molecule has 1 saturated heterocycles. The number of hydrogen-bond acceptors (Lipinski definition) is 6. The van der Waals surface area contributed by atoms with Gasteiger partial charge in [0.1, 0.15) is 11.5 Å². The normalized spacial score (nSPS) is 19.4. The third kappa shape index (κ3) is 5.38. The van der Waals surface area contributed by atoms with Crippen LogP contribution in [0.4, 0.5) is 5.69 Å². The fourth-order valence-corrected chi connectivity index (χ4v) is 5.22. The van der Waals surface area contributed by atoms with Gasteiger partial charge in [0, 0.05) is 20.8 Å². The number of hydrogen-bond donors (Lipinski definition) is 1. The van der Waals surface area contributed by atoms with E-state index >= 15 is 0 Å². The van der Waals surface area contributed by atoms with Gasteiger partial charge in [-0.05, 0) is 48.5 Å². The first-order valence-corrected chi connectivity index (χ1v) is 11.4. The minimum atomic E-state index is -4.49. The quantitative estimate of drug-likeness (QED) is 0.716. The van der Waals surface area contributed by atoms with Crippen LogP contribution >= 0.6 is 11.8 Å². The number of ether oxygens (including phenoxy) is 1. The number of rotatable bonds is 7. The molecule has 1 heterocycles. The van der Waals surface area contributed by atoms with Gasteiger partial charge in [0.15, 0.2) is 9.84 Å². The van der Waals surface area contributed by atoms with Crippen LogP contribution in [0.15, 0.2) is 53.4 Å². The van der Waals surface area contributed by atoms with Crippen molar-refractivity contribution in [2.75, 3.05) is 22.4 Å². The molecule has 0 aromatic heterocycles. The molecule has 0 aliphatic carbocycles. The van der Waals surface area contributed by atoms with Crippen molar-refractivity contribution >= 4 is 37.3 Å². The molecule has 0 bridgehead atoms. The van der Waals surface area contributed by atoms with Crippen molar-refractivity contribution in [2.24, 2.45) is 0 Å². The molecule has 2 aromatic carbocycles. The lowest BCUT2D eigenvalue weighted by atomic mass is 10.3. The number of benzene rings is 2. The van der Waals surface area contributed by atoms with Gasteiger partial charge in [0.2, 0.25) is 10.0 Å². The van der Waals surface area contributed by atoms with Crippen LogP contribution in [0.25, 0.3) is 0 Å². The zero-order valence-electron chi connectivity index (χ0n) is 15.9. The molecule has 3 rings (SSSR count). The van der Waals surface area contributed by atoms with Gasteiger partial charge in [-0.25, -0.2) is 16.8 Å². The first kappa shape index (κ1) is 14.5. The molecule has 1 unspecified atom stereocenters. The van der Waals surface area contributed by atoms with E-state index in [1.807, 2.05) is 4.72 Å². The van der Waals surface area contributed by atoms with Crippen LogP contribution < -0.4 is 9.46 Å². The molecule has 9 heteroatoms. The highest BCUT2D eigenvalue weighted by atomic mass is 32.2. The van der Waals surface area contributed by atoms with Crippen LogP contribution in [0.2, 0.25) is 0 Å². The highest BCUT2D eigenvalue weighted by molar-refractivity contribution is 8.08. The van der Waals surface area contributed by atoms with E-state index in [2.05, 4.69) is 0 Å². The topological polar surface area (TPSA) is 89.5 Å². The van der Waals surface area contributed by atoms with Crippen molar-refractivity contribution in [3.63, 3.8) is 0 Å². The first-order chi connectivity index (χ1) is 13.0. The zero-order valence-corrected chi connectivity index (χ0v) is 15.3. The van der Waals surface area contributed by atoms with E-state index in [4.69, 9.17) is 8.85 Å². The largest absolute Gasteiger partial charge is 0.457 e. The van der Waals surface area contributed by atoms with E-state index in [1.54, 1.807) is 11.8 Å². The van der Waals surface area contributed by atoms with E-state index < -0.39 is 26.0 Å². The van der Waals surface area contributed by atoms with Crippen molar-refractivity contribution in [1.82, 2.24) is 0 Å². The van der Waals surface area contributed by atoms with Crippen molar-refractivity contribution in [3.05, 3.63) is 48.5 Å². The van der Waals surface area contributed by atoms with Gasteiger partial charge in [0.25, 0.3) is 0 Å². The van der Waals surface area contributed by atoms with Gasteiger partial charge in [0.05, 0.1) is 16.8 Å². The molecular weight excluding hydrogens is 382 g/mol. The number of sulfone groups is 1. The predicted molar refractivity (Wildman–Crippen MR) is 99.7 cm³/mol. The summed E-state index contributed by atoms with van der Waals surface area (Å²) in [5.74, 6) is 1.79. The number of sulfonamides is 1. The maximum atomic E-state index is 12.2. The fourth-order valence-electron chi connectivity index (χ4n) is 2.10. The average molecular weight is 403 g/mol. The van der Waals surface area contributed by atoms with Crippen LogP contribution in [0.1, 0.15) is 4.11 Å². The van der Waals surface area contributed by atoms with Gasteiger partial charge < -0.3 is 4.74 Å². The summed E-state index contributed by atoms with van der Waals surface area (Å²) in [6.07, 6.45) is -3.16. The molecule has 1 atom stereocenters. The second-order valence-corrected chi connectivity index (χ2v) is 10.0. The summed E-state index contributed by atoms with van der Waals surface area (Å²) < 4.78 is 76.3. The van der Waals surface area contributed by atoms with Crippen LogP contribution in [0.5, 0.6) is 11.5 Å². The minimum absolute atomic E-state index is 0.0860. The minimum Gasteiger partial charge on any atom is -0.457 e. The Morgan fingerprint density at radius 2 is 1.64 bits per heavy atom. The summed E-state index contributed by atoms with van der Waals surface area (Å²) in [5, 5.41) is 0.183. The van der Waals surface area contributed by atoms with Gasteiger partial charge in [-0.2, -0.15) is 11.8 Å². The molecule has 1 fully saturated rings. The molecular formula is C16H17NO5S3. The highest BCUT2D eigenvalue weighted by Crippen LogP contribution is 2.33. The second-order valence-electron chi connectivity index (χ2n) is 5.44. The second kappa shape index (κ2) is 6.89. The van der Waals surface area contributed by atoms with Crippen molar-refractivity contribution in [2.45, 2.75) is 10.1 Å². The number of anilines is 1. The van der Waals surface area contributed by atoms with Gasteiger partial charge in [-0.15, -0.1) is 0 Å². The predicted octanol–water partition coefficient (Wildman–Crippen LogP) is 2.74. The maximum absolute atomic E-state index is 12.2. The van der Waals surface area contributed by atoms with Gasteiger partial charge in [-0.1, -0.05) is 0 Å². The molecule has 0 radical (unpaired) electrons.